The first-order chi connectivity index (χ1) is 9.40. The average Bonchev–Trinajstić information content (AvgIpc) is 2.62. The van der Waals surface area contributed by atoms with Crippen molar-refractivity contribution < 1.29 is 9.59 Å². The van der Waals surface area contributed by atoms with Crippen molar-refractivity contribution in [1.82, 2.24) is 20.0 Å². The molecule has 0 aliphatic heterocycles. The molecule has 0 radical (unpaired) electrons. The molecule has 0 aromatic carbocycles. The zero-order valence-corrected chi connectivity index (χ0v) is 13.0. The summed E-state index contributed by atoms with van der Waals surface area (Å²) in [6.07, 6.45) is 0.290. The largest absolute Gasteiger partial charge is 0.355 e. The quantitative estimate of drug-likeness (QED) is 0.828. The lowest BCUT2D eigenvalue weighted by molar-refractivity contribution is -0.135. The molecule has 1 rings (SSSR count). The van der Waals surface area contributed by atoms with Crippen LogP contribution in [-0.2, 0) is 23.1 Å². The van der Waals surface area contributed by atoms with Crippen molar-refractivity contribution in [3.63, 3.8) is 0 Å². The number of carbonyl (C=O) groups excluding carboxylic acids is 2. The van der Waals surface area contributed by atoms with E-state index >= 15 is 0 Å². The third-order valence-corrected chi connectivity index (χ3v) is 3.43. The fraction of sp³-hybridized carbons (Fsp3) is 0.643. The Bertz CT molecular complexity index is 494. The Kier molecular flexibility index (Phi) is 5.73. The van der Waals surface area contributed by atoms with E-state index in [0.717, 1.165) is 17.0 Å². The average molecular weight is 280 g/mol. The van der Waals surface area contributed by atoms with Gasteiger partial charge in [0.2, 0.25) is 11.8 Å². The van der Waals surface area contributed by atoms with Crippen molar-refractivity contribution in [2.75, 3.05) is 19.6 Å². The number of nitrogens with one attached hydrogen (secondary N) is 1. The van der Waals surface area contributed by atoms with Crippen LogP contribution < -0.4 is 5.32 Å². The molecule has 1 aromatic rings. The second-order valence-corrected chi connectivity index (χ2v) is 4.81. The predicted octanol–water partition coefficient (Wildman–Crippen LogP) is 0.564. The molecule has 20 heavy (non-hydrogen) atoms. The van der Waals surface area contributed by atoms with Crippen LogP contribution in [0.1, 0.15) is 30.8 Å². The first-order valence-electron chi connectivity index (χ1n) is 6.94. The Labute approximate surface area is 120 Å². The van der Waals surface area contributed by atoms with Crippen LogP contribution in [0, 0.1) is 13.8 Å². The van der Waals surface area contributed by atoms with Gasteiger partial charge in [-0.2, -0.15) is 5.10 Å². The number of aromatic nitrogens is 2. The molecule has 0 aliphatic carbocycles. The molecule has 0 bridgehead atoms. The zero-order chi connectivity index (χ0) is 15.3. The maximum Gasteiger partial charge on any atom is 0.239 e. The van der Waals surface area contributed by atoms with E-state index in [0.29, 0.717) is 19.5 Å². The molecule has 2 amide bonds. The minimum Gasteiger partial charge on any atom is -0.355 e. The molecular weight excluding hydrogens is 256 g/mol. The van der Waals surface area contributed by atoms with E-state index in [-0.39, 0.29) is 18.4 Å². The van der Waals surface area contributed by atoms with Crippen LogP contribution in [0.3, 0.4) is 0 Å². The monoisotopic (exact) mass is 280 g/mol. The molecule has 1 aromatic heterocycles. The van der Waals surface area contributed by atoms with Crippen LogP contribution in [0.2, 0.25) is 0 Å². The molecule has 0 atom stereocenters. The number of hydrogen-bond acceptors (Lipinski definition) is 3. The Balaban J connectivity index is 2.75. The maximum absolute atomic E-state index is 12.3. The molecule has 0 saturated heterocycles. The number of hydrogen-bond donors (Lipinski definition) is 1. The Morgan fingerprint density at radius 2 is 1.95 bits per heavy atom. The van der Waals surface area contributed by atoms with Crippen molar-refractivity contribution in [1.29, 1.82) is 0 Å². The summed E-state index contributed by atoms with van der Waals surface area (Å²) in [6.45, 7) is 8.79. The van der Waals surface area contributed by atoms with Crippen LogP contribution in [0.5, 0.6) is 0 Å². The summed E-state index contributed by atoms with van der Waals surface area (Å²) in [5.41, 5.74) is 2.81. The number of rotatable bonds is 6. The highest BCUT2D eigenvalue weighted by atomic mass is 16.2. The van der Waals surface area contributed by atoms with E-state index in [9.17, 15) is 9.59 Å². The summed E-state index contributed by atoms with van der Waals surface area (Å²) < 4.78 is 1.78. The van der Waals surface area contributed by atoms with Gasteiger partial charge in [-0.3, -0.25) is 14.3 Å². The maximum atomic E-state index is 12.3. The second-order valence-electron chi connectivity index (χ2n) is 4.81. The minimum absolute atomic E-state index is 0.0436. The van der Waals surface area contributed by atoms with Gasteiger partial charge in [-0.1, -0.05) is 0 Å². The molecule has 6 nitrogen and oxygen atoms in total. The summed E-state index contributed by atoms with van der Waals surface area (Å²) in [7, 11) is 1.86. The summed E-state index contributed by atoms with van der Waals surface area (Å²) in [4.78, 5) is 25.5. The van der Waals surface area contributed by atoms with Crippen LogP contribution >= 0.6 is 0 Å². The molecule has 0 aliphatic rings. The summed E-state index contributed by atoms with van der Waals surface area (Å²) in [5, 5.41) is 7.01. The van der Waals surface area contributed by atoms with Crippen molar-refractivity contribution in [3.05, 3.63) is 17.0 Å². The molecular formula is C14H24N4O2. The molecule has 0 saturated carbocycles. The number of nitrogens with zero attached hydrogens (tertiary/aromatic N) is 3. The molecule has 112 valence electrons. The van der Waals surface area contributed by atoms with Gasteiger partial charge in [0.25, 0.3) is 0 Å². The molecule has 0 spiro atoms. The van der Waals surface area contributed by atoms with Crippen molar-refractivity contribution in [3.8, 4) is 0 Å². The van der Waals surface area contributed by atoms with Crippen LogP contribution in [-0.4, -0.2) is 46.1 Å². The third kappa shape index (κ3) is 3.82. The van der Waals surface area contributed by atoms with Crippen molar-refractivity contribution in [2.45, 2.75) is 34.1 Å². The Morgan fingerprint density at radius 3 is 2.40 bits per heavy atom. The van der Waals surface area contributed by atoms with E-state index in [1.807, 2.05) is 34.7 Å². The Morgan fingerprint density at radius 1 is 1.30 bits per heavy atom. The third-order valence-electron chi connectivity index (χ3n) is 3.43. The SMILES string of the molecule is CCNC(=O)CN(CC)C(=O)Cc1c(C)nn(C)c1C. The van der Waals surface area contributed by atoms with E-state index in [1.54, 1.807) is 9.58 Å². The van der Waals surface area contributed by atoms with Gasteiger partial charge < -0.3 is 10.2 Å². The van der Waals surface area contributed by atoms with Crippen LogP contribution in [0.15, 0.2) is 0 Å². The van der Waals surface area contributed by atoms with Crippen molar-refractivity contribution >= 4 is 11.8 Å². The first-order valence-corrected chi connectivity index (χ1v) is 6.94. The fourth-order valence-electron chi connectivity index (χ4n) is 2.14. The summed E-state index contributed by atoms with van der Waals surface area (Å²) >= 11 is 0. The summed E-state index contributed by atoms with van der Waals surface area (Å²) in [5.74, 6) is -0.166. The van der Waals surface area contributed by atoms with E-state index < -0.39 is 0 Å². The fourth-order valence-corrected chi connectivity index (χ4v) is 2.14. The number of carbonyl (C=O) groups is 2. The topological polar surface area (TPSA) is 67.2 Å². The highest BCUT2D eigenvalue weighted by molar-refractivity contribution is 5.86. The van der Waals surface area contributed by atoms with Gasteiger partial charge in [-0.05, 0) is 27.7 Å². The molecule has 1 N–H and O–H groups in total. The standard InChI is InChI=1S/C14H24N4O2/c1-6-15-13(19)9-18(7-2)14(20)8-12-10(3)16-17(5)11(12)4/h6-9H2,1-5H3,(H,15,19). The predicted molar refractivity (Wildman–Crippen MR) is 77.3 cm³/mol. The molecule has 1 heterocycles. The van der Waals surface area contributed by atoms with Gasteiger partial charge in [-0.25, -0.2) is 0 Å². The van der Waals surface area contributed by atoms with Gasteiger partial charge >= 0.3 is 0 Å². The molecule has 0 unspecified atom stereocenters. The van der Waals surface area contributed by atoms with Gasteiger partial charge in [0.05, 0.1) is 18.7 Å². The van der Waals surface area contributed by atoms with Gasteiger partial charge in [0, 0.05) is 31.4 Å². The lowest BCUT2D eigenvalue weighted by Crippen LogP contribution is -2.41. The highest BCUT2D eigenvalue weighted by Gasteiger charge is 2.19. The number of aryl methyl sites for hydroxylation is 2. The van der Waals surface area contributed by atoms with E-state index in [1.165, 1.54) is 0 Å². The Hall–Kier alpha value is -1.85. The van der Waals surface area contributed by atoms with Crippen LogP contribution in [0.4, 0.5) is 0 Å². The normalized spacial score (nSPS) is 10.4. The van der Waals surface area contributed by atoms with E-state index in [2.05, 4.69) is 10.4 Å². The lowest BCUT2D eigenvalue weighted by atomic mass is 10.1. The minimum atomic E-state index is -0.123. The smallest absolute Gasteiger partial charge is 0.239 e. The van der Waals surface area contributed by atoms with Gasteiger partial charge in [0.15, 0.2) is 0 Å². The lowest BCUT2D eigenvalue weighted by Gasteiger charge is -2.20. The van der Waals surface area contributed by atoms with E-state index in [4.69, 9.17) is 0 Å². The molecule has 0 fully saturated rings. The van der Waals surface area contributed by atoms with Gasteiger partial charge in [-0.15, -0.1) is 0 Å². The number of amides is 2. The second kappa shape index (κ2) is 7.07. The van der Waals surface area contributed by atoms with Crippen LogP contribution in [0.25, 0.3) is 0 Å². The van der Waals surface area contributed by atoms with Gasteiger partial charge in [0.1, 0.15) is 0 Å². The first kappa shape index (κ1) is 16.2. The van der Waals surface area contributed by atoms with Crippen molar-refractivity contribution in [2.24, 2.45) is 7.05 Å². The zero-order valence-electron chi connectivity index (χ0n) is 13.0. The summed E-state index contributed by atoms with van der Waals surface area (Å²) in [6, 6.07) is 0. The highest BCUT2D eigenvalue weighted by Crippen LogP contribution is 2.13. The molecule has 6 heteroatoms. The number of likely N-dealkylation sites (N-methyl/N-ethyl adjacent to an activating group) is 2.